The minimum Gasteiger partial charge on any atom is -0.491 e. The van der Waals surface area contributed by atoms with Gasteiger partial charge in [0.05, 0.1) is 6.10 Å². The van der Waals surface area contributed by atoms with Gasteiger partial charge in [-0.25, -0.2) is 0 Å². The molecule has 0 aromatic heterocycles. The molecule has 1 atom stereocenters. The molecule has 0 saturated carbocycles. The second kappa shape index (κ2) is 7.62. The van der Waals surface area contributed by atoms with Gasteiger partial charge in [-0.2, -0.15) is 0 Å². The molecule has 0 radical (unpaired) electrons. The van der Waals surface area contributed by atoms with Crippen molar-refractivity contribution in [2.75, 3.05) is 0 Å². The Morgan fingerprint density at radius 2 is 1.57 bits per heavy atom. The second-order valence-electron chi connectivity index (χ2n) is 5.46. The van der Waals surface area contributed by atoms with Crippen LogP contribution in [-0.4, -0.2) is 6.10 Å². The van der Waals surface area contributed by atoms with E-state index in [0.29, 0.717) is 6.04 Å². The third kappa shape index (κ3) is 5.18. The smallest absolute Gasteiger partial charge is 0.119 e. The molecule has 0 aliphatic rings. The maximum absolute atomic E-state index is 5.65. The Hall–Kier alpha value is -1.32. The van der Waals surface area contributed by atoms with Gasteiger partial charge < -0.3 is 10.1 Å². The van der Waals surface area contributed by atoms with Crippen LogP contribution in [0.3, 0.4) is 0 Å². The number of hydrogen-bond donors (Lipinski definition) is 1. The largest absolute Gasteiger partial charge is 0.491 e. The summed E-state index contributed by atoms with van der Waals surface area (Å²) in [6.45, 7) is 7.10. The fourth-order valence-corrected chi connectivity index (χ4v) is 2.36. The van der Waals surface area contributed by atoms with Gasteiger partial charge in [0, 0.05) is 17.1 Å². The lowest BCUT2D eigenvalue weighted by Gasteiger charge is -2.15. The predicted molar refractivity (Wildman–Crippen MR) is 91.6 cm³/mol. The average molecular weight is 348 g/mol. The summed E-state index contributed by atoms with van der Waals surface area (Å²) >= 11 is 3.46. The van der Waals surface area contributed by atoms with Gasteiger partial charge in [-0.1, -0.05) is 40.2 Å². The molecule has 3 heteroatoms. The van der Waals surface area contributed by atoms with E-state index in [-0.39, 0.29) is 6.10 Å². The maximum Gasteiger partial charge on any atom is 0.119 e. The summed E-state index contributed by atoms with van der Waals surface area (Å²) in [5.74, 6) is 0.926. The summed E-state index contributed by atoms with van der Waals surface area (Å²) in [6, 6.07) is 17.0. The third-order valence-corrected chi connectivity index (χ3v) is 3.81. The fraction of sp³-hybridized carbons (Fsp3) is 0.333. The van der Waals surface area contributed by atoms with Gasteiger partial charge in [0.2, 0.25) is 0 Å². The first-order chi connectivity index (χ1) is 10.0. The molecule has 0 aliphatic carbocycles. The summed E-state index contributed by atoms with van der Waals surface area (Å²) in [5, 5.41) is 3.54. The maximum atomic E-state index is 5.65. The van der Waals surface area contributed by atoms with Crippen LogP contribution < -0.4 is 10.1 Å². The van der Waals surface area contributed by atoms with Crippen LogP contribution in [0.4, 0.5) is 0 Å². The van der Waals surface area contributed by atoms with Crippen LogP contribution >= 0.6 is 15.9 Å². The summed E-state index contributed by atoms with van der Waals surface area (Å²) < 4.78 is 6.76. The van der Waals surface area contributed by atoms with E-state index < -0.39 is 0 Å². The topological polar surface area (TPSA) is 21.3 Å². The average Bonchev–Trinajstić information content (AvgIpc) is 2.46. The first kappa shape index (κ1) is 16.1. The number of nitrogens with one attached hydrogen (secondary N) is 1. The van der Waals surface area contributed by atoms with Crippen molar-refractivity contribution in [3.8, 4) is 5.75 Å². The van der Waals surface area contributed by atoms with Gasteiger partial charge in [-0.05, 0) is 56.2 Å². The number of hydrogen-bond acceptors (Lipinski definition) is 2. The quantitative estimate of drug-likeness (QED) is 0.785. The molecule has 0 bridgehead atoms. The fourth-order valence-electron chi connectivity index (χ4n) is 2.10. The molecular weight excluding hydrogens is 326 g/mol. The van der Waals surface area contributed by atoms with Crippen molar-refractivity contribution in [3.63, 3.8) is 0 Å². The minimum atomic E-state index is 0.214. The molecule has 2 rings (SSSR count). The Morgan fingerprint density at radius 3 is 2.14 bits per heavy atom. The first-order valence-corrected chi connectivity index (χ1v) is 8.08. The van der Waals surface area contributed by atoms with Crippen LogP contribution in [0.1, 0.15) is 37.9 Å². The molecule has 0 saturated heterocycles. The van der Waals surface area contributed by atoms with E-state index in [4.69, 9.17) is 4.74 Å². The van der Waals surface area contributed by atoms with E-state index in [2.05, 4.69) is 64.6 Å². The molecule has 0 spiro atoms. The molecule has 1 unspecified atom stereocenters. The van der Waals surface area contributed by atoms with Crippen molar-refractivity contribution in [3.05, 3.63) is 64.1 Å². The van der Waals surface area contributed by atoms with Crippen LogP contribution in [0.2, 0.25) is 0 Å². The monoisotopic (exact) mass is 347 g/mol. The van der Waals surface area contributed by atoms with E-state index in [9.17, 15) is 0 Å². The molecule has 1 N–H and O–H groups in total. The van der Waals surface area contributed by atoms with Crippen molar-refractivity contribution in [2.24, 2.45) is 0 Å². The zero-order chi connectivity index (χ0) is 15.2. The van der Waals surface area contributed by atoms with Gasteiger partial charge in [0.15, 0.2) is 0 Å². The lowest BCUT2D eigenvalue weighted by molar-refractivity contribution is 0.242. The number of halogens is 1. The lowest BCUT2D eigenvalue weighted by Crippen LogP contribution is -2.18. The molecule has 2 aromatic carbocycles. The molecule has 2 nitrogen and oxygen atoms in total. The Labute approximate surface area is 135 Å². The van der Waals surface area contributed by atoms with Gasteiger partial charge in [-0.15, -0.1) is 0 Å². The second-order valence-corrected chi connectivity index (χ2v) is 6.38. The Kier molecular flexibility index (Phi) is 5.83. The zero-order valence-electron chi connectivity index (χ0n) is 12.8. The predicted octanol–water partition coefficient (Wildman–Crippen LogP) is 5.09. The van der Waals surface area contributed by atoms with Crippen molar-refractivity contribution < 1.29 is 4.74 Å². The van der Waals surface area contributed by atoms with E-state index in [1.54, 1.807) is 0 Å². The van der Waals surface area contributed by atoms with Crippen LogP contribution in [0.25, 0.3) is 0 Å². The highest BCUT2D eigenvalue weighted by Gasteiger charge is 2.05. The standard InChI is InChI=1S/C18H22BrNO/c1-13(2)21-18-10-4-15(5-11-18)12-20-14(3)16-6-8-17(19)9-7-16/h4-11,13-14,20H,12H2,1-3H3. The summed E-state index contributed by atoms with van der Waals surface area (Å²) in [4.78, 5) is 0. The van der Waals surface area contributed by atoms with Gasteiger partial charge in [0.1, 0.15) is 5.75 Å². The molecule has 0 amide bonds. The van der Waals surface area contributed by atoms with Gasteiger partial charge in [-0.3, -0.25) is 0 Å². The SMILES string of the molecule is CC(C)Oc1ccc(CNC(C)c2ccc(Br)cc2)cc1. The molecule has 0 heterocycles. The zero-order valence-corrected chi connectivity index (χ0v) is 14.4. The van der Waals surface area contributed by atoms with Crippen molar-refractivity contribution in [1.82, 2.24) is 5.32 Å². The first-order valence-electron chi connectivity index (χ1n) is 7.29. The highest BCUT2D eigenvalue weighted by molar-refractivity contribution is 9.10. The van der Waals surface area contributed by atoms with E-state index in [1.807, 2.05) is 26.0 Å². The molecular formula is C18H22BrNO. The molecule has 21 heavy (non-hydrogen) atoms. The highest BCUT2D eigenvalue weighted by atomic mass is 79.9. The van der Waals surface area contributed by atoms with Crippen LogP contribution in [0.15, 0.2) is 53.0 Å². The van der Waals surface area contributed by atoms with Crippen LogP contribution in [0.5, 0.6) is 5.75 Å². The van der Waals surface area contributed by atoms with Gasteiger partial charge >= 0.3 is 0 Å². The number of benzene rings is 2. The van der Waals surface area contributed by atoms with E-state index in [0.717, 1.165) is 16.8 Å². The highest BCUT2D eigenvalue weighted by Crippen LogP contribution is 2.18. The van der Waals surface area contributed by atoms with E-state index >= 15 is 0 Å². The molecule has 0 aliphatic heterocycles. The van der Waals surface area contributed by atoms with E-state index in [1.165, 1.54) is 11.1 Å². The van der Waals surface area contributed by atoms with Crippen molar-refractivity contribution in [1.29, 1.82) is 0 Å². The summed E-state index contributed by atoms with van der Waals surface area (Å²) in [7, 11) is 0. The van der Waals surface area contributed by atoms with Crippen LogP contribution in [-0.2, 0) is 6.54 Å². The van der Waals surface area contributed by atoms with Crippen molar-refractivity contribution in [2.45, 2.75) is 39.5 Å². The number of rotatable bonds is 6. The summed E-state index contributed by atoms with van der Waals surface area (Å²) in [5.41, 5.74) is 2.55. The third-order valence-electron chi connectivity index (χ3n) is 3.28. The Bertz CT molecular complexity index is 548. The van der Waals surface area contributed by atoms with Crippen molar-refractivity contribution >= 4 is 15.9 Å². The Balaban J connectivity index is 1.88. The molecule has 2 aromatic rings. The Morgan fingerprint density at radius 1 is 0.952 bits per heavy atom. The minimum absolute atomic E-state index is 0.214. The van der Waals surface area contributed by atoms with Gasteiger partial charge in [0.25, 0.3) is 0 Å². The summed E-state index contributed by atoms with van der Waals surface area (Å²) in [6.07, 6.45) is 0.214. The van der Waals surface area contributed by atoms with Crippen LogP contribution in [0, 0.1) is 0 Å². The molecule has 0 fully saturated rings. The normalized spacial score (nSPS) is 12.4. The lowest BCUT2D eigenvalue weighted by atomic mass is 10.1. The molecule has 112 valence electrons. The number of ether oxygens (including phenoxy) is 1.